The Morgan fingerprint density at radius 1 is 1.47 bits per heavy atom. The van der Waals surface area contributed by atoms with Crippen molar-refractivity contribution in [3.8, 4) is 0 Å². The monoisotopic (exact) mass is 254 g/mol. The van der Waals surface area contributed by atoms with E-state index in [1.54, 1.807) is 11.3 Å². The summed E-state index contributed by atoms with van der Waals surface area (Å²) in [5.74, 6) is 0.401. The van der Waals surface area contributed by atoms with E-state index in [2.05, 4.69) is 22.8 Å². The minimum atomic E-state index is 0.243. The third-order valence-electron chi connectivity index (χ3n) is 3.68. The van der Waals surface area contributed by atoms with Gasteiger partial charge in [-0.3, -0.25) is 0 Å². The van der Waals surface area contributed by atoms with Gasteiger partial charge in [0.05, 0.1) is 6.04 Å². The highest BCUT2D eigenvalue weighted by Crippen LogP contribution is 2.27. The molecule has 1 heterocycles. The zero-order chi connectivity index (χ0) is 12.1. The highest BCUT2D eigenvalue weighted by atomic mass is 32.1. The normalized spacial score (nSPS) is 26.9. The summed E-state index contributed by atoms with van der Waals surface area (Å²) in [5, 5.41) is 15.1. The number of rotatable bonds is 5. The van der Waals surface area contributed by atoms with Crippen LogP contribution in [-0.4, -0.2) is 24.3 Å². The first-order valence-electron chi connectivity index (χ1n) is 6.45. The van der Waals surface area contributed by atoms with E-state index >= 15 is 0 Å². The lowest BCUT2D eigenvalue weighted by Gasteiger charge is -2.33. The van der Waals surface area contributed by atoms with Gasteiger partial charge in [-0.2, -0.15) is 0 Å². The molecule has 4 heteroatoms. The Bertz CT molecular complexity index is 315. The topological polar surface area (TPSA) is 58.3 Å². The van der Waals surface area contributed by atoms with Crippen molar-refractivity contribution in [2.24, 2.45) is 11.7 Å². The summed E-state index contributed by atoms with van der Waals surface area (Å²) in [7, 11) is 0. The van der Waals surface area contributed by atoms with Gasteiger partial charge in [0.2, 0.25) is 0 Å². The van der Waals surface area contributed by atoms with E-state index in [0.717, 1.165) is 12.8 Å². The molecule has 0 amide bonds. The second kappa shape index (κ2) is 6.50. The molecule has 1 aromatic rings. The SMILES string of the molecule is NCC(NC1CCCCC1CO)c1cccs1. The molecule has 0 spiro atoms. The summed E-state index contributed by atoms with van der Waals surface area (Å²) in [6.45, 7) is 0.911. The first-order valence-corrected chi connectivity index (χ1v) is 7.33. The van der Waals surface area contributed by atoms with E-state index in [4.69, 9.17) is 5.73 Å². The molecule has 1 aromatic heterocycles. The van der Waals surface area contributed by atoms with Crippen LogP contribution >= 0.6 is 11.3 Å². The summed E-state index contributed by atoms with van der Waals surface area (Å²) in [5.41, 5.74) is 5.85. The molecule has 0 bridgehead atoms. The van der Waals surface area contributed by atoms with Gasteiger partial charge in [-0.1, -0.05) is 18.9 Å². The maximum Gasteiger partial charge on any atom is 0.0541 e. The lowest BCUT2D eigenvalue weighted by Crippen LogP contribution is -2.43. The van der Waals surface area contributed by atoms with Crippen LogP contribution in [0.5, 0.6) is 0 Å². The molecule has 1 aliphatic rings. The summed E-state index contributed by atoms with van der Waals surface area (Å²) < 4.78 is 0. The van der Waals surface area contributed by atoms with Crippen molar-refractivity contribution >= 4 is 11.3 Å². The zero-order valence-electron chi connectivity index (χ0n) is 10.1. The zero-order valence-corrected chi connectivity index (χ0v) is 11.0. The molecular formula is C13H22N2OS. The fourth-order valence-electron chi connectivity index (χ4n) is 2.66. The van der Waals surface area contributed by atoms with E-state index in [1.807, 2.05) is 0 Å². The van der Waals surface area contributed by atoms with Crippen molar-refractivity contribution in [1.82, 2.24) is 5.32 Å². The molecule has 3 nitrogen and oxygen atoms in total. The Balaban J connectivity index is 1.97. The fourth-order valence-corrected chi connectivity index (χ4v) is 3.46. The largest absolute Gasteiger partial charge is 0.396 e. The molecule has 1 saturated carbocycles. The lowest BCUT2D eigenvalue weighted by molar-refractivity contribution is 0.146. The molecule has 3 atom stereocenters. The molecule has 1 aliphatic carbocycles. The summed E-state index contributed by atoms with van der Waals surface area (Å²) >= 11 is 1.75. The molecule has 0 saturated heterocycles. The average molecular weight is 254 g/mol. The Morgan fingerprint density at radius 2 is 2.29 bits per heavy atom. The lowest BCUT2D eigenvalue weighted by atomic mass is 9.84. The van der Waals surface area contributed by atoms with Gasteiger partial charge in [-0.15, -0.1) is 11.3 Å². The van der Waals surface area contributed by atoms with E-state index in [0.29, 0.717) is 25.1 Å². The van der Waals surface area contributed by atoms with Crippen LogP contribution in [0.25, 0.3) is 0 Å². The predicted octanol–water partition coefficient (Wildman–Crippen LogP) is 1.89. The summed E-state index contributed by atoms with van der Waals surface area (Å²) in [4.78, 5) is 1.30. The van der Waals surface area contributed by atoms with Crippen molar-refractivity contribution < 1.29 is 5.11 Å². The third kappa shape index (κ3) is 3.28. The fraction of sp³-hybridized carbons (Fsp3) is 0.692. The van der Waals surface area contributed by atoms with Crippen molar-refractivity contribution in [3.63, 3.8) is 0 Å². The number of aliphatic hydroxyl groups is 1. The van der Waals surface area contributed by atoms with Gasteiger partial charge in [0.15, 0.2) is 0 Å². The van der Waals surface area contributed by atoms with Crippen LogP contribution < -0.4 is 11.1 Å². The first kappa shape index (κ1) is 13.0. The van der Waals surface area contributed by atoms with Gasteiger partial charge in [0.1, 0.15) is 0 Å². The first-order chi connectivity index (χ1) is 8.35. The second-order valence-electron chi connectivity index (χ2n) is 4.80. The van der Waals surface area contributed by atoms with Gasteiger partial charge in [0, 0.05) is 24.1 Å². The molecule has 4 N–H and O–H groups in total. The smallest absolute Gasteiger partial charge is 0.0541 e. The average Bonchev–Trinajstić information content (AvgIpc) is 2.90. The second-order valence-corrected chi connectivity index (χ2v) is 5.78. The minimum Gasteiger partial charge on any atom is -0.396 e. The van der Waals surface area contributed by atoms with E-state index in [1.165, 1.54) is 17.7 Å². The van der Waals surface area contributed by atoms with Crippen LogP contribution in [0.15, 0.2) is 17.5 Å². The van der Waals surface area contributed by atoms with E-state index < -0.39 is 0 Å². The van der Waals surface area contributed by atoms with Crippen molar-refractivity contribution in [2.45, 2.75) is 37.8 Å². The summed E-state index contributed by atoms with van der Waals surface area (Å²) in [6.07, 6.45) is 4.80. The standard InChI is InChI=1S/C13H22N2OS/c14-8-12(13-6-3-7-17-13)15-11-5-2-1-4-10(11)9-16/h3,6-7,10-12,15-16H,1-2,4-5,8-9,14H2. The highest BCUT2D eigenvalue weighted by Gasteiger charge is 2.26. The molecule has 96 valence electrons. The number of hydrogen-bond acceptors (Lipinski definition) is 4. The Hall–Kier alpha value is -0.420. The van der Waals surface area contributed by atoms with Crippen LogP contribution in [0.4, 0.5) is 0 Å². The van der Waals surface area contributed by atoms with E-state index in [9.17, 15) is 5.11 Å². The molecular weight excluding hydrogens is 232 g/mol. The maximum atomic E-state index is 9.41. The number of aliphatic hydroxyl groups excluding tert-OH is 1. The molecule has 1 fully saturated rings. The molecule has 2 rings (SSSR count). The third-order valence-corrected chi connectivity index (χ3v) is 4.67. The summed E-state index contributed by atoms with van der Waals surface area (Å²) in [6, 6.07) is 4.86. The van der Waals surface area contributed by atoms with Gasteiger partial charge in [0.25, 0.3) is 0 Å². The minimum absolute atomic E-state index is 0.243. The quantitative estimate of drug-likeness (QED) is 0.752. The Kier molecular flexibility index (Phi) is 4.98. The van der Waals surface area contributed by atoms with Gasteiger partial charge in [-0.25, -0.2) is 0 Å². The Morgan fingerprint density at radius 3 is 2.94 bits per heavy atom. The maximum absolute atomic E-state index is 9.41. The molecule has 17 heavy (non-hydrogen) atoms. The van der Waals surface area contributed by atoms with Gasteiger partial charge >= 0.3 is 0 Å². The predicted molar refractivity (Wildman–Crippen MR) is 72.1 cm³/mol. The number of thiophene rings is 1. The molecule has 0 radical (unpaired) electrons. The van der Waals surface area contributed by atoms with Gasteiger partial charge in [-0.05, 0) is 30.2 Å². The van der Waals surface area contributed by atoms with E-state index in [-0.39, 0.29) is 6.04 Å². The van der Waals surface area contributed by atoms with Crippen LogP contribution in [-0.2, 0) is 0 Å². The Labute approximate surface area is 107 Å². The number of nitrogens with two attached hydrogens (primary N) is 1. The highest BCUT2D eigenvalue weighted by molar-refractivity contribution is 7.10. The van der Waals surface area contributed by atoms with Crippen molar-refractivity contribution in [1.29, 1.82) is 0 Å². The number of nitrogens with one attached hydrogen (secondary N) is 1. The molecule has 0 aromatic carbocycles. The van der Waals surface area contributed by atoms with Crippen molar-refractivity contribution in [2.75, 3.05) is 13.2 Å². The van der Waals surface area contributed by atoms with Crippen LogP contribution in [0.1, 0.15) is 36.6 Å². The molecule has 0 aliphatic heterocycles. The van der Waals surface area contributed by atoms with Crippen LogP contribution in [0.3, 0.4) is 0 Å². The van der Waals surface area contributed by atoms with Gasteiger partial charge < -0.3 is 16.2 Å². The van der Waals surface area contributed by atoms with Crippen molar-refractivity contribution in [3.05, 3.63) is 22.4 Å². The molecule has 3 unspecified atom stereocenters. The number of hydrogen-bond donors (Lipinski definition) is 3. The van der Waals surface area contributed by atoms with Crippen LogP contribution in [0.2, 0.25) is 0 Å². The van der Waals surface area contributed by atoms with Crippen LogP contribution in [0, 0.1) is 5.92 Å².